The summed E-state index contributed by atoms with van der Waals surface area (Å²) in [6.07, 6.45) is 18.7. The SMILES string of the molecule is C=C(CCCC)c1ccnc(NSC)c1.CCC[C@@H](CC(C)C)N1CC(=NC(C)=NC2=CC(OCC)=CCC2)/C(=C\N)C1. The van der Waals surface area contributed by atoms with Crippen LogP contribution in [0.2, 0.25) is 0 Å². The van der Waals surface area contributed by atoms with E-state index in [-0.39, 0.29) is 0 Å². The molecule has 0 spiro atoms. The van der Waals surface area contributed by atoms with E-state index < -0.39 is 0 Å². The molecule has 8 heteroatoms. The van der Waals surface area contributed by atoms with E-state index in [1.54, 1.807) is 18.1 Å². The van der Waals surface area contributed by atoms with Gasteiger partial charge in [-0.1, -0.05) is 59.1 Å². The van der Waals surface area contributed by atoms with Crippen molar-refractivity contribution in [2.24, 2.45) is 21.6 Å². The minimum absolute atomic E-state index is 0.588. The Bertz CT molecular complexity index is 1170. The zero-order valence-electron chi connectivity index (χ0n) is 27.8. The summed E-state index contributed by atoms with van der Waals surface area (Å²) in [5.41, 5.74) is 11.5. The molecule has 0 bridgehead atoms. The number of likely N-dealkylation sites (tertiary alicyclic amines) is 1. The number of nitrogens with two attached hydrogens (primary N) is 1. The second kappa shape index (κ2) is 20.2. The van der Waals surface area contributed by atoms with Crippen LogP contribution in [0.15, 0.2) is 70.3 Å². The minimum atomic E-state index is 0.588. The topological polar surface area (TPSA) is 88.1 Å². The molecule has 2 heterocycles. The van der Waals surface area contributed by atoms with Crippen LogP contribution in [0.1, 0.15) is 98.5 Å². The standard InChI is InChI=1S/C23H38N4O.C12H18N2S/c1-6-9-21(12-17(3)4)27-15-19(14-24)23(16-27)26-18(5)25-20-10-8-11-22(13-20)28-7-2;1-4-5-6-10(2)11-7-8-13-12(9-11)14-15-3/h11,13-14,17,21H,6-10,12,15-16,24H2,1-5H3;7-9H,2,4-6H2,1,3H3,(H,13,14)/b19-14-,25-18?,26-23?;/t21-;/m0./s1. The van der Waals surface area contributed by atoms with Crippen LogP contribution in [0.25, 0.3) is 5.57 Å². The lowest BCUT2D eigenvalue weighted by Crippen LogP contribution is -2.34. The third-order valence-corrected chi connectivity index (χ3v) is 7.77. The molecule has 0 amide bonds. The van der Waals surface area contributed by atoms with Crippen LogP contribution >= 0.6 is 11.9 Å². The van der Waals surface area contributed by atoms with Gasteiger partial charge < -0.3 is 15.2 Å². The molecule has 2 aliphatic rings. The van der Waals surface area contributed by atoms with Gasteiger partial charge in [0, 0.05) is 55.1 Å². The molecule has 0 saturated carbocycles. The summed E-state index contributed by atoms with van der Waals surface area (Å²) in [4.78, 5) is 16.3. The van der Waals surface area contributed by atoms with Gasteiger partial charge in [-0.05, 0) is 87.6 Å². The lowest BCUT2D eigenvalue weighted by Gasteiger charge is -2.28. The third-order valence-electron chi connectivity index (χ3n) is 7.35. The molecular formula is C35H56N6OS. The molecule has 7 nitrogen and oxygen atoms in total. The Morgan fingerprint density at radius 2 is 2.05 bits per heavy atom. The molecule has 1 aliphatic carbocycles. The van der Waals surface area contributed by atoms with Gasteiger partial charge in [0.2, 0.25) is 0 Å². The third kappa shape index (κ3) is 13.1. The van der Waals surface area contributed by atoms with Gasteiger partial charge in [0.1, 0.15) is 17.4 Å². The van der Waals surface area contributed by atoms with Crippen molar-refractivity contribution in [3.05, 3.63) is 65.9 Å². The number of amidine groups is 1. The smallest absolute Gasteiger partial charge is 0.136 e. The minimum Gasteiger partial charge on any atom is -0.494 e. The van der Waals surface area contributed by atoms with Gasteiger partial charge in [0.15, 0.2) is 0 Å². The molecule has 0 radical (unpaired) electrons. The van der Waals surface area contributed by atoms with Crippen molar-refractivity contribution in [3.8, 4) is 0 Å². The Morgan fingerprint density at radius 1 is 1.26 bits per heavy atom. The van der Waals surface area contributed by atoms with Crippen LogP contribution in [0.5, 0.6) is 0 Å². The Kier molecular flexibility index (Phi) is 17.1. The molecule has 43 heavy (non-hydrogen) atoms. The van der Waals surface area contributed by atoms with Gasteiger partial charge in [-0.15, -0.1) is 0 Å². The van der Waals surface area contributed by atoms with Crippen LogP contribution in [0.4, 0.5) is 5.82 Å². The molecule has 1 saturated heterocycles. The number of unbranched alkanes of at least 4 members (excludes halogenated alkanes) is 1. The highest BCUT2D eigenvalue weighted by molar-refractivity contribution is 7.99. The molecule has 1 fully saturated rings. The van der Waals surface area contributed by atoms with Gasteiger partial charge in [-0.25, -0.2) is 15.0 Å². The number of aromatic nitrogens is 1. The lowest BCUT2D eigenvalue weighted by molar-refractivity contribution is 0.213. The summed E-state index contributed by atoms with van der Waals surface area (Å²) in [7, 11) is 0. The molecule has 238 valence electrons. The predicted molar refractivity (Wildman–Crippen MR) is 189 cm³/mol. The largest absolute Gasteiger partial charge is 0.494 e. The average molecular weight is 609 g/mol. The van der Waals surface area contributed by atoms with Gasteiger partial charge in [-0.2, -0.15) is 0 Å². The molecule has 0 unspecified atom stereocenters. The molecule has 0 aromatic carbocycles. The van der Waals surface area contributed by atoms with Gasteiger partial charge >= 0.3 is 0 Å². The Labute approximate surface area is 266 Å². The summed E-state index contributed by atoms with van der Waals surface area (Å²) in [5, 5.41) is 0. The number of anilines is 1. The van der Waals surface area contributed by atoms with Crippen molar-refractivity contribution in [2.75, 3.05) is 30.7 Å². The quantitative estimate of drug-likeness (QED) is 0.125. The molecule has 1 aromatic heterocycles. The fraction of sp³-hybridized carbons (Fsp3) is 0.571. The van der Waals surface area contributed by atoms with Crippen molar-refractivity contribution in [1.82, 2.24) is 9.88 Å². The zero-order chi connectivity index (χ0) is 31.6. The highest BCUT2D eigenvalue weighted by Gasteiger charge is 2.29. The number of hydrogen-bond donors (Lipinski definition) is 2. The Hall–Kier alpha value is -2.84. The van der Waals surface area contributed by atoms with Crippen molar-refractivity contribution < 1.29 is 4.74 Å². The fourth-order valence-corrected chi connectivity index (χ4v) is 5.61. The van der Waals surface area contributed by atoms with Crippen LogP contribution in [0.3, 0.4) is 0 Å². The summed E-state index contributed by atoms with van der Waals surface area (Å²) >= 11 is 1.55. The number of nitrogens with zero attached hydrogens (tertiary/aromatic N) is 4. The van der Waals surface area contributed by atoms with Gasteiger partial charge in [0.05, 0.1) is 12.3 Å². The van der Waals surface area contributed by atoms with Crippen LogP contribution < -0.4 is 10.5 Å². The van der Waals surface area contributed by atoms with Crippen molar-refractivity contribution in [3.63, 3.8) is 0 Å². The maximum Gasteiger partial charge on any atom is 0.136 e. The van der Waals surface area contributed by atoms with Crippen molar-refractivity contribution in [1.29, 1.82) is 0 Å². The second-order valence-electron chi connectivity index (χ2n) is 11.5. The van der Waals surface area contributed by atoms with E-state index in [9.17, 15) is 0 Å². The number of nitrogens with one attached hydrogen (secondary N) is 1. The predicted octanol–water partition coefficient (Wildman–Crippen LogP) is 8.79. The Morgan fingerprint density at radius 3 is 2.70 bits per heavy atom. The lowest BCUT2D eigenvalue weighted by atomic mass is 9.99. The molecule has 1 atom stereocenters. The first-order valence-electron chi connectivity index (χ1n) is 16.0. The van der Waals surface area contributed by atoms with E-state index in [4.69, 9.17) is 20.5 Å². The molecular weight excluding hydrogens is 552 g/mol. The fourth-order valence-electron chi connectivity index (χ4n) is 5.29. The van der Waals surface area contributed by atoms with E-state index in [0.29, 0.717) is 18.6 Å². The normalized spacial score (nSPS) is 18.3. The average Bonchev–Trinajstić information content (AvgIpc) is 3.39. The number of ether oxygens (including phenoxy) is 1. The molecule has 3 rings (SSSR count). The van der Waals surface area contributed by atoms with E-state index in [1.165, 1.54) is 43.2 Å². The first kappa shape index (κ1) is 36.4. The maximum atomic E-state index is 5.93. The first-order valence-corrected chi connectivity index (χ1v) is 17.2. The zero-order valence-corrected chi connectivity index (χ0v) is 28.6. The number of pyridine rings is 1. The van der Waals surface area contributed by atoms with E-state index >= 15 is 0 Å². The van der Waals surface area contributed by atoms with Crippen molar-refractivity contribution in [2.45, 2.75) is 99.0 Å². The van der Waals surface area contributed by atoms with Crippen LogP contribution in [0, 0.1) is 5.92 Å². The number of allylic oxidation sites excluding steroid dienone is 4. The maximum absolute atomic E-state index is 5.93. The van der Waals surface area contributed by atoms with E-state index in [2.05, 4.69) is 61.0 Å². The first-order chi connectivity index (χ1) is 20.7. The number of aliphatic imine (C=N–C) groups is 2. The van der Waals surface area contributed by atoms with Gasteiger partial charge in [-0.3, -0.25) is 4.90 Å². The molecule has 3 N–H and O–H groups in total. The monoisotopic (exact) mass is 608 g/mol. The van der Waals surface area contributed by atoms with Crippen LogP contribution in [-0.4, -0.2) is 53.4 Å². The Balaban J connectivity index is 0.000000362. The van der Waals surface area contributed by atoms with E-state index in [0.717, 1.165) is 66.7 Å². The molecule has 1 aliphatic heterocycles. The summed E-state index contributed by atoms with van der Waals surface area (Å²) in [5.74, 6) is 3.30. The highest BCUT2D eigenvalue weighted by Crippen LogP contribution is 2.24. The molecule has 1 aromatic rings. The number of rotatable bonds is 14. The summed E-state index contributed by atoms with van der Waals surface area (Å²) in [6.45, 7) is 19.6. The van der Waals surface area contributed by atoms with Crippen LogP contribution in [-0.2, 0) is 4.74 Å². The van der Waals surface area contributed by atoms with Crippen molar-refractivity contribution >= 4 is 34.9 Å². The highest BCUT2D eigenvalue weighted by atomic mass is 32.2. The van der Waals surface area contributed by atoms with Gasteiger partial charge in [0.25, 0.3) is 0 Å². The van der Waals surface area contributed by atoms with E-state index in [1.807, 2.05) is 38.4 Å². The second-order valence-corrected chi connectivity index (χ2v) is 12.2. The number of hydrogen-bond acceptors (Lipinski definition) is 7. The summed E-state index contributed by atoms with van der Waals surface area (Å²) < 4.78 is 8.73. The summed E-state index contributed by atoms with van der Waals surface area (Å²) in [6, 6.07) is 4.66.